The van der Waals surface area contributed by atoms with Gasteiger partial charge >= 0.3 is 6.03 Å². The van der Waals surface area contributed by atoms with Crippen LogP contribution in [0.1, 0.15) is 38.5 Å². The highest BCUT2D eigenvalue weighted by Gasteiger charge is 2.22. The zero-order chi connectivity index (χ0) is 16.8. The lowest BCUT2D eigenvalue weighted by Crippen LogP contribution is -2.31. The molecule has 2 unspecified atom stereocenters. The molecule has 4 nitrogen and oxygen atoms in total. The van der Waals surface area contributed by atoms with Crippen LogP contribution in [0, 0.1) is 17.6 Å². The number of anilines is 1. The van der Waals surface area contributed by atoms with Gasteiger partial charge in [0.1, 0.15) is 5.82 Å². The summed E-state index contributed by atoms with van der Waals surface area (Å²) in [6.45, 7) is 0.412. The van der Waals surface area contributed by atoms with Crippen LogP contribution in [0.3, 0.4) is 0 Å². The van der Waals surface area contributed by atoms with Crippen molar-refractivity contribution in [3.05, 3.63) is 28.8 Å². The Bertz CT molecular complexity index is 534. The third-order valence-electron chi connectivity index (χ3n) is 4.15. The molecule has 1 fully saturated rings. The van der Waals surface area contributed by atoms with E-state index in [0.717, 1.165) is 44.6 Å². The SMILES string of the molecule is O=C(NCCCC1CCCCC1O)Nc1c(F)cc(F)cc1Cl. The highest BCUT2D eigenvalue weighted by atomic mass is 35.5. The van der Waals surface area contributed by atoms with Crippen molar-refractivity contribution >= 4 is 23.3 Å². The minimum atomic E-state index is -0.921. The van der Waals surface area contributed by atoms with E-state index in [2.05, 4.69) is 10.6 Å². The predicted molar refractivity (Wildman–Crippen MR) is 85.6 cm³/mol. The Balaban J connectivity index is 1.73. The van der Waals surface area contributed by atoms with E-state index in [4.69, 9.17) is 11.6 Å². The molecule has 1 aliphatic carbocycles. The molecule has 3 N–H and O–H groups in total. The lowest BCUT2D eigenvalue weighted by atomic mass is 9.83. The van der Waals surface area contributed by atoms with Crippen LogP contribution in [0.5, 0.6) is 0 Å². The molecule has 0 radical (unpaired) electrons. The van der Waals surface area contributed by atoms with Crippen molar-refractivity contribution in [2.75, 3.05) is 11.9 Å². The number of carbonyl (C=O) groups is 1. The van der Waals surface area contributed by atoms with E-state index in [9.17, 15) is 18.7 Å². The van der Waals surface area contributed by atoms with Gasteiger partial charge in [-0.2, -0.15) is 0 Å². The maximum Gasteiger partial charge on any atom is 0.319 e. The molecule has 23 heavy (non-hydrogen) atoms. The first-order valence-corrected chi connectivity index (χ1v) is 8.22. The average molecular weight is 347 g/mol. The Morgan fingerprint density at radius 3 is 2.74 bits per heavy atom. The number of aliphatic hydroxyl groups is 1. The third-order valence-corrected chi connectivity index (χ3v) is 4.45. The molecule has 2 amide bonds. The van der Waals surface area contributed by atoms with Crippen LogP contribution >= 0.6 is 11.6 Å². The highest BCUT2D eigenvalue weighted by molar-refractivity contribution is 6.33. The number of hydrogen-bond acceptors (Lipinski definition) is 2. The molecule has 1 aliphatic rings. The number of carbonyl (C=O) groups excluding carboxylic acids is 1. The Kier molecular flexibility index (Phi) is 6.59. The van der Waals surface area contributed by atoms with Crippen LogP contribution in [0.2, 0.25) is 5.02 Å². The highest BCUT2D eigenvalue weighted by Crippen LogP contribution is 2.28. The van der Waals surface area contributed by atoms with Crippen molar-refractivity contribution in [3.63, 3.8) is 0 Å². The maximum atomic E-state index is 13.6. The number of aliphatic hydroxyl groups excluding tert-OH is 1. The molecule has 0 bridgehead atoms. The van der Waals surface area contributed by atoms with Gasteiger partial charge in [0.2, 0.25) is 0 Å². The molecule has 0 heterocycles. The van der Waals surface area contributed by atoms with Crippen LogP contribution in [0.4, 0.5) is 19.3 Å². The van der Waals surface area contributed by atoms with Crippen molar-refractivity contribution in [2.24, 2.45) is 5.92 Å². The van der Waals surface area contributed by atoms with Crippen molar-refractivity contribution in [1.29, 1.82) is 0 Å². The Morgan fingerprint density at radius 2 is 2.04 bits per heavy atom. The molecule has 1 saturated carbocycles. The quantitative estimate of drug-likeness (QED) is 0.704. The van der Waals surface area contributed by atoms with E-state index >= 15 is 0 Å². The van der Waals surface area contributed by atoms with Crippen LogP contribution < -0.4 is 10.6 Å². The second-order valence-electron chi connectivity index (χ2n) is 5.88. The number of rotatable bonds is 5. The van der Waals surface area contributed by atoms with Gasteiger partial charge in [0, 0.05) is 12.6 Å². The van der Waals surface area contributed by atoms with Crippen LogP contribution in [-0.2, 0) is 0 Å². The number of benzene rings is 1. The van der Waals surface area contributed by atoms with E-state index in [0.29, 0.717) is 12.6 Å². The normalized spacial score (nSPS) is 21.0. The molecular weight excluding hydrogens is 326 g/mol. The molecule has 0 aliphatic heterocycles. The third kappa shape index (κ3) is 5.32. The van der Waals surface area contributed by atoms with Gasteiger partial charge in [0.25, 0.3) is 0 Å². The maximum absolute atomic E-state index is 13.6. The fourth-order valence-corrected chi connectivity index (χ4v) is 3.15. The fourth-order valence-electron chi connectivity index (χ4n) is 2.91. The standard InChI is InChI=1S/C16H21ClF2N2O2/c17-12-8-11(18)9-13(19)15(12)21-16(23)20-7-3-5-10-4-1-2-6-14(10)22/h8-10,14,22H,1-7H2,(H2,20,21,23). The molecule has 128 valence electrons. The summed E-state index contributed by atoms with van der Waals surface area (Å²) in [5.74, 6) is -1.43. The second kappa shape index (κ2) is 8.45. The summed E-state index contributed by atoms with van der Waals surface area (Å²) < 4.78 is 26.5. The summed E-state index contributed by atoms with van der Waals surface area (Å²) in [5.41, 5.74) is -0.242. The van der Waals surface area contributed by atoms with Gasteiger partial charge in [-0.3, -0.25) is 0 Å². The zero-order valence-electron chi connectivity index (χ0n) is 12.7. The van der Waals surface area contributed by atoms with Crippen molar-refractivity contribution in [1.82, 2.24) is 5.32 Å². The molecule has 0 saturated heterocycles. The lowest BCUT2D eigenvalue weighted by Gasteiger charge is -2.27. The first-order chi connectivity index (χ1) is 11.0. The molecule has 2 rings (SSSR count). The minimum absolute atomic E-state index is 0.192. The van der Waals surface area contributed by atoms with Gasteiger partial charge in [0.05, 0.1) is 16.8 Å². The first-order valence-electron chi connectivity index (χ1n) is 7.85. The van der Waals surface area contributed by atoms with Crippen LogP contribution in [0.15, 0.2) is 12.1 Å². The van der Waals surface area contributed by atoms with E-state index in [1.807, 2.05) is 0 Å². The Morgan fingerprint density at radius 1 is 1.30 bits per heavy atom. The molecule has 1 aromatic carbocycles. The van der Waals surface area contributed by atoms with Gasteiger partial charge in [-0.1, -0.05) is 24.4 Å². The van der Waals surface area contributed by atoms with Crippen molar-refractivity contribution < 1.29 is 18.7 Å². The summed E-state index contributed by atoms with van der Waals surface area (Å²) in [5, 5.41) is 14.6. The van der Waals surface area contributed by atoms with E-state index in [1.165, 1.54) is 0 Å². The van der Waals surface area contributed by atoms with Gasteiger partial charge in [0.15, 0.2) is 5.82 Å². The molecule has 0 aromatic heterocycles. The Hall–Kier alpha value is -1.40. The summed E-state index contributed by atoms with van der Waals surface area (Å²) >= 11 is 5.71. The number of nitrogens with one attached hydrogen (secondary N) is 2. The van der Waals surface area contributed by atoms with Crippen LogP contribution in [0.25, 0.3) is 0 Å². The van der Waals surface area contributed by atoms with Crippen LogP contribution in [-0.4, -0.2) is 23.8 Å². The average Bonchev–Trinajstić information content (AvgIpc) is 2.49. The Labute approximate surface area is 139 Å². The topological polar surface area (TPSA) is 61.4 Å². The number of urea groups is 1. The fraction of sp³-hybridized carbons (Fsp3) is 0.562. The van der Waals surface area contributed by atoms with Gasteiger partial charge in [-0.05, 0) is 37.7 Å². The number of hydrogen-bond donors (Lipinski definition) is 3. The van der Waals surface area contributed by atoms with Crippen molar-refractivity contribution in [2.45, 2.75) is 44.6 Å². The summed E-state index contributed by atoms with van der Waals surface area (Å²) in [4.78, 5) is 11.7. The lowest BCUT2D eigenvalue weighted by molar-refractivity contribution is 0.0644. The largest absolute Gasteiger partial charge is 0.393 e. The van der Waals surface area contributed by atoms with Gasteiger partial charge in [-0.25, -0.2) is 13.6 Å². The molecule has 2 atom stereocenters. The molecular formula is C16H21ClF2N2O2. The zero-order valence-corrected chi connectivity index (χ0v) is 13.5. The van der Waals surface area contributed by atoms with E-state index in [-0.39, 0.29) is 22.7 Å². The summed E-state index contributed by atoms with van der Waals surface area (Å²) in [7, 11) is 0. The molecule has 7 heteroatoms. The first kappa shape index (κ1) is 17.9. The molecule has 1 aromatic rings. The minimum Gasteiger partial charge on any atom is -0.393 e. The molecule has 0 spiro atoms. The predicted octanol–water partition coefficient (Wildman–Crippen LogP) is 4.07. The van der Waals surface area contributed by atoms with Gasteiger partial charge in [-0.15, -0.1) is 0 Å². The smallest absolute Gasteiger partial charge is 0.319 e. The second-order valence-corrected chi connectivity index (χ2v) is 6.29. The van der Waals surface area contributed by atoms with E-state index < -0.39 is 17.7 Å². The number of halogens is 3. The van der Waals surface area contributed by atoms with E-state index in [1.54, 1.807) is 0 Å². The monoisotopic (exact) mass is 346 g/mol. The van der Waals surface area contributed by atoms with Crippen molar-refractivity contribution in [3.8, 4) is 0 Å². The summed E-state index contributed by atoms with van der Waals surface area (Å²) in [6, 6.07) is 0.998. The summed E-state index contributed by atoms with van der Waals surface area (Å²) in [6.07, 6.45) is 5.40. The number of amides is 2. The van der Waals surface area contributed by atoms with Gasteiger partial charge < -0.3 is 15.7 Å².